The molecule has 0 aromatic carbocycles. The van der Waals surface area contributed by atoms with Crippen molar-refractivity contribution in [2.45, 2.75) is 33.6 Å². The van der Waals surface area contributed by atoms with Gasteiger partial charge in [0.15, 0.2) is 0 Å². The number of carbonyl (C=O) groups excluding carboxylic acids is 1. The van der Waals surface area contributed by atoms with Gasteiger partial charge in [0, 0.05) is 38.4 Å². The Labute approximate surface area is 151 Å². The van der Waals surface area contributed by atoms with E-state index in [1.54, 1.807) is 6.20 Å². The number of anilines is 1. The van der Waals surface area contributed by atoms with Crippen molar-refractivity contribution >= 4 is 17.3 Å². The molecule has 6 heteroatoms. The van der Waals surface area contributed by atoms with E-state index < -0.39 is 0 Å². The normalized spacial score (nSPS) is 13.5. The van der Waals surface area contributed by atoms with Gasteiger partial charge in [-0.25, -0.2) is 9.97 Å². The van der Waals surface area contributed by atoms with Crippen LogP contribution in [0.2, 0.25) is 0 Å². The molecule has 0 spiro atoms. The molecular weight excluding hydrogens is 341 g/mol. The van der Waals surface area contributed by atoms with E-state index in [1.165, 1.54) is 6.33 Å². The number of allylic oxidation sites excluding steroid dienone is 1. The fourth-order valence-electron chi connectivity index (χ4n) is 1.87. The molecule has 0 saturated heterocycles. The van der Waals surface area contributed by atoms with Gasteiger partial charge in [-0.05, 0) is 25.7 Å². The maximum absolute atomic E-state index is 12.1. The van der Waals surface area contributed by atoms with Crippen molar-refractivity contribution in [3.63, 3.8) is 0 Å². The minimum absolute atomic E-state index is 0. The van der Waals surface area contributed by atoms with Gasteiger partial charge in [0.25, 0.3) is 5.91 Å². The van der Waals surface area contributed by atoms with Crippen molar-refractivity contribution in [3.05, 3.63) is 37.4 Å². The maximum Gasteiger partial charge on any atom is 0.274 e. The van der Waals surface area contributed by atoms with Crippen LogP contribution in [0.5, 0.6) is 0 Å². The van der Waals surface area contributed by atoms with Crippen LogP contribution in [0.25, 0.3) is 0 Å². The summed E-state index contributed by atoms with van der Waals surface area (Å²) in [5.41, 5.74) is 2.93. The van der Waals surface area contributed by atoms with Crippen LogP contribution in [0.3, 0.4) is 0 Å². The zero-order valence-electron chi connectivity index (χ0n) is 13.1. The number of carbonyl (C=O) groups is 1. The molecule has 1 aromatic heterocycles. The second-order valence-corrected chi connectivity index (χ2v) is 4.86. The SMILES string of the molecule is Cc1ncncc1NC(=O)C1=CCCC(C(C)C)=N1.[CH3-].[Y]. The largest absolute Gasteiger partial charge is 0.358 e. The summed E-state index contributed by atoms with van der Waals surface area (Å²) in [6, 6.07) is 0. The van der Waals surface area contributed by atoms with E-state index >= 15 is 0 Å². The van der Waals surface area contributed by atoms with Gasteiger partial charge in [0.1, 0.15) is 12.0 Å². The molecule has 1 N–H and O–H groups in total. The number of hydrogen-bond donors (Lipinski definition) is 1. The minimum atomic E-state index is -0.198. The third kappa shape index (κ3) is 5.40. The predicted octanol–water partition coefficient (Wildman–Crippen LogP) is 2.95. The minimum Gasteiger partial charge on any atom is -0.358 e. The van der Waals surface area contributed by atoms with E-state index in [4.69, 9.17) is 0 Å². The van der Waals surface area contributed by atoms with E-state index in [9.17, 15) is 4.79 Å². The summed E-state index contributed by atoms with van der Waals surface area (Å²) >= 11 is 0. The van der Waals surface area contributed by atoms with Crippen LogP contribution < -0.4 is 5.32 Å². The Kier molecular flexibility index (Phi) is 8.75. The zero-order chi connectivity index (χ0) is 13.8. The summed E-state index contributed by atoms with van der Waals surface area (Å²) in [6.45, 7) is 6.01. The van der Waals surface area contributed by atoms with Gasteiger partial charge in [-0.2, -0.15) is 0 Å². The number of amides is 1. The summed E-state index contributed by atoms with van der Waals surface area (Å²) in [5, 5.41) is 2.80. The Bertz CT molecular complexity index is 552. The average molecular weight is 362 g/mol. The molecule has 0 unspecified atom stereocenters. The number of nitrogens with zero attached hydrogens (tertiary/aromatic N) is 3. The summed E-state index contributed by atoms with van der Waals surface area (Å²) in [7, 11) is 0. The predicted molar refractivity (Wildman–Crippen MR) is 81.4 cm³/mol. The monoisotopic (exact) mass is 362 g/mol. The fraction of sp³-hybridized carbons (Fsp3) is 0.400. The smallest absolute Gasteiger partial charge is 0.274 e. The van der Waals surface area contributed by atoms with Crippen molar-refractivity contribution in [2.24, 2.45) is 10.9 Å². The van der Waals surface area contributed by atoms with Crippen LogP contribution in [-0.4, -0.2) is 21.6 Å². The summed E-state index contributed by atoms with van der Waals surface area (Å²) in [4.78, 5) is 24.5. The standard InChI is InChI=1S/C14H18N4O.CH3.Y/c1-9(2)11-5-4-6-12(17-11)14(19)18-13-7-15-8-16-10(13)3;;/h6-9H,4-5H2,1-3H3,(H,18,19);1H3;/q;-1;. The summed E-state index contributed by atoms with van der Waals surface area (Å²) in [5.74, 6) is 0.175. The Balaban J connectivity index is 0.00000200. The van der Waals surface area contributed by atoms with Crippen LogP contribution in [0, 0.1) is 20.3 Å². The third-order valence-corrected chi connectivity index (χ3v) is 3.06. The third-order valence-electron chi connectivity index (χ3n) is 3.06. The summed E-state index contributed by atoms with van der Waals surface area (Å²) in [6.07, 6.45) is 6.73. The number of rotatable bonds is 3. The Morgan fingerprint density at radius 3 is 2.71 bits per heavy atom. The molecule has 0 bridgehead atoms. The molecule has 0 atom stereocenters. The van der Waals surface area contributed by atoms with E-state index in [2.05, 4.69) is 34.1 Å². The number of aryl methyl sites for hydroxylation is 1. The van der Waals surface area contributed by atoms with Crippen molar-refractivity contribution in [2.75, 3.05) is 5.32 Å². The molecule has 2 heterocycles. The molecule has 1 aliphatic heterocycles. The van der Waals surface area contributed by atoms with Crippen molar-refractivity contribution in [3.8, 4) is 0 Å². The molecule has 21 heavy (non-hydrogen) atoms. The molecule has 5 nitrogen and oxygen atoms in total. The van der Waals surface area contributed by atoms with Crippen LogP contribution in [0.15, 0.2) is 29.3 Å². The Morgan fingerprint density at radius 1 is 1.38 bits per heavy atom. The van der Waals surface area contributed by atoms with Gasteiger partial charge in [-0.15, -0.1) is 0 Å². The Hall–Kier alpha value is -0.936. The number of hydrogen-bond acceptors (Lipinski definition) is 4. The first-order valence-electron chi connectivity index (χ1n) is 6.43. The number of aromatic nitrogens is 2. The molecule has 1 aliphatic rings. The van der Waals surface area contributed by atoms with Crippen molar-refractivity contribution < 1.29 is 37.5 Å². The van der Waals surface area contributed by atoms with Gasteiger partial charge in [-0.1, -0.05) is 19.9 Å². The maximum atomic E-state index is 12.1. The molecule has 111 valence electrons. The second-order valence-electron chi connectivity index (χ2n) is 4.86. The second kappa shape index (κ2) is 9.16. The quantitative estimate of drug-likeness (QED) is 0.841. The molecule has 1 amide bonds. The topological polar surface area (TPSA) is 67.2 Å². The van der Waals surface area contributed by atoms with E-state index in [0.29, 0.717) is 17.3 Å². The van der Waals surface area contributed by atoms with Crippen LogP contribution in [0.1, 0.15) is 32.4 Å². The van der Waals surface area contributed by atoms with E-state index in [-0.39, 0.29) is 46.0 Å². The van der Waals surface area contributed by atoms with Gasteiger partial charge < -0.3 is 12.7 Å². The average Bonchev–Trinajstić information content (AvgIpc) is 2.41. The molecule has 1 aromatic rings. The van der Waals surface area contributed by atoms with E-state index in [0.717, 1.165) is 24.2 Å². The van der Waals surface area contributed by atoms with Crippen LogP contribution in [0.4, 0.5) is 5.69 Å². The van der Waals surface area contributed by atoms with Gasteiger partial charge in [-0.3, -0.25) is 9.79 Å². The zero-order valence-corrected chi connectivity index (χ0v) is 15.9. The van der Waals surface area contributed by atoms with Gasteiger partial charge in [0.2, 0.25) is 0 Å². The van der Waals surface area contributed by atoms with Gasteiger partial charge in [0.05, 0.1) is 17.6 Å². The molecule has 0 saturated carbocycles. The fourth-order valence-corrected chi connectivity index (χ4v) is 1.87. The number of nitrogens with one attached hydrogen (secondary N) is 1. The first-order valence-corrected chi connectivity index (χ1v) is 6.43. The molecule has 1 radical (unpaired) electrons. The molecule has 0 fully saturated rings. The van der Waals surface area contributed by atoms with Crippen LogP contribution >= 0.6 is 0 Å². The Morgan fingerprint density at radius 2 is 2.10 bits per heavy atom. The first kappa shape index (κ1) is 20.1. The molecular formula is C15H21N4OY-. The van der Waals surface area contributed by atoms with Gasteiger partial charge >= 0.3 is 0 Å². The molecule has 0 aliphatic carbocycles. The van der Waals surface area contributed by atoms with Crippen molar-refractivity contribution in [1.29, 1.82) is 0 Å². The molecule has 2 rings (SSSR count). The van der Waals surface area contributed by atoms with Crippen LogP contribution in [-0.2, 0) is 37.5 Å². The number of aliphatic imine (C=N–C) groups is 1. The summed E-state index contributed by atoms with van der Waals surface area (Å²) < 4.78 is 0. The van der Waals surface area contributed by atoms with Crippen molar-refractivity contribution in [1.82, 2.24) is 9.97 Å². The first-order chi connectivity index (χ1) is 9.08. The van der Waals surface area contributed by atoms with E-state index in [1.807, 2.05) is 13.0 Å².